The smallest absolute Gasteiger partial charge is 0.339 e. The van der Waals surface area contributed by atoms with Crippen molar-refractivity contribution in [3.63, 3.8) is 0 Å². The van der Waals surface area contributed by atoms with E-state index in [1.807, 2.05) is 0 Å². The molecule has 0 aliphatic carbocycles. The van der Waals surface area contributed by atoms with Gasteiger partial charge in [0.05, 0.1) is 24.6 Å². The first-order valence-electron chi connectivity index (χ1n) is 7.43. The number of esters is 1. The highest BCUT2D eigenvalue weighted by atomic mass is 19.2. The van der Waals surface area contributed by atoms with Crippen LogP contribution in [-0.2, 0) is 4.74 Å². The SMILES string of the molecule is COC(=O)c1ccccc1Nc1cnnc(Nc2ccc(F)c(F)c2)n1. The Hall–Kier alpha value is -3.62. The van der Waals surface area contributed by atoms with Crippen LogP contribution in [0.4, 0.5) is 31.9 Å². The molecule has 0 aliphatic rings. The Morgan fingerprint density at radius 2 is 1.88 bits per heavy atom. The van der Waals surface area contributed by atoms with E-state index >= 15 is 0 Å². The van der Waals surface area contributed by atoms with Crippen LogP contribution in [0.2, 0.25) is 0 Å². The van der Waals surface area contributed by atoms with Crippen molar-refractivity contribution in [2.45, 2.75) is 0 Å². The number of methoxy groups -OCH3 is 1. The van der Waals surface area contributed by atoms with Gasteiger partial charge in [0.2, 0.25) is 5.95 Å². The topological polar surface area (TPSA) is 89.0 Å². The molecule has 3 rings (SSSR count). The molecule has 26 heavy (non-hydrogen) atoms. The van der Waals surface area contributed by atoms with Gasteiger partial charge in [-0.05, 0) is 24.3 Å². The number of ether oxygens (including phenoxy) is 1. The summed E-state index contributed by atoms with van der Waals surface area (Å²) < 4.78 is 31.0. The number of hydrogen-bond donors (Lipinski definition) is 2. The summed E-state index contributed by atoms with van der Waals surface area (Å²) in [5.74, 6) is -2.10. The van der Waals surface area contributed by atoms with Crippen LogP contribution in [0.15, 0.2) is 48.7 Å². The molecule has 0 fully saturated rings. The second-order valence-electron chi connectivity index (χ2n) is 5.08. The molecule has 132 valence electrons. The summed E-state index contributed by atoms with van der Waals surface area (Å²) in [6, 6.07) is 10.0. The standard InChI is InChI=1S/C17H13F2N5O2/c1-26-16(25)11-4-2-3-5-14(11)22-15-9-20-24-17(23-15)21-10-6-7-12(18)13(19)8-10/h2-9H,1H3,(H2,21,22,23,24). The highest BCUT2D eigenvalue weighted by Crippen LogP contribution is 2.21. The third-order valence-electron chi connectivity index (χ3n) is 3.33. The highest BCUT2D eigenvalue weighted by Gasteiger charge is 2.12. The average Bonchev–Trinajstić information content (AvgIpc) is 2.65. The molecule has 0 spiro atoms. The lowest BCUT2D eigenvalue weighted by atomic mass is 10.2. The molecule has 0 radical (unpaired) electrons. The Bertz CT molecular complexity index is 952. The number of rotatable bonds is 5. The van der Waals surface area contributed by atoms with Gasteiger partial charge in [-0.2, -0.15) is 10.1 Å². The van der Waals surface area contributed by atoms with Crippen LogP contribution in [0.5, 0.6) is 0 Å². The van der Waals surface area contributed by atoms with Gasteiger partial charge in [0.25, 0.3) is 0 Å². The van der Waals surface area contributed by atoms with Crippen LogP contribution >= 0.6 is 0 Å². The number of carbonyl (C=O) groups excluding carboxylic acids is 1. The first-order valence-corrected chi connectivity index (χ1v) is 7.43. The lowest BCUT2D eigenvalue weighted by Crippen LogP contribution is -2.07. The van der Waals surface area contributed by atoms with E-state index < -0.39 is 17.6 Å². The number of aromatic nitrogens is 3. The fourth-order valence-electron chi connectivity index (χ4n) is 2.14. The number of halogens is 2. The molecule has 0 saturated heterocycles. The minimum absolute atomic E-state index is 0.0663. The Kier molecular flexibility index (Phi) is 4.97. The van der Waals surface area contributed by atoms with Crippen molar-refractivity contribution in [3.05, 3.63) is 65.9 Å². The molecule has 3 aromatic rings. The van der Waals surface area contributed by atoms with Crippen molar-refractivity contribution >= 4 is 29.1 Å². The van der Waals surface area contributed by atoms with Gasteiger partial charge in [-0.3, -0.25) is 0 Å². The maximum atomic E-state index is 13.3. The molecule has 0 bridgehead atoms. The third kappa shape index (κ3) is 3.89. The summed E-state index contributed by atoms with van der Waals surface area (Å²) in [7, 11) is 1.29. The van der Waals surface area contributed by atoms with Crippen LogP contribution in [0.3, 0.4) is 0 Å². The maximum Gasteiger partial charge on any atom is 0.339 e. The number of nitrogens with zero attached hydrogens (tertiary/aromatic N) is 3. The minimum Gasteiger partial charge on any atom is -0.465 e. The molecule has 1 heterocycles. The average molecular weight is 357 g/mol. The number of nitrogens with one attached hydrogen (secondary N) is 2. The predicted octanol–water partition coefficient (Wildman–Crippen LogP) is 3.42. The van der Waals surface area contributed by atoms with Gasteiger partial charge in [-0.15, -0.1) is 5.10 Å². The van der Waals surface area contributed by atoms with Gasteiger partial charge < -0.3 is 15.4 Å². The van der Waals surface area contributed by atoms with Crippen LogP contribution in [0, 0.1) is 11.6 Å². The largest absolute Gasteiger partial charge is 0.465 e. The Balaban J connectivity index is 1.82. The summed E-state index contributed by atoms with van der Waals surface area (Å²) >= 11 is 0. The molecule has 1 aromatic heterocycles. The third-order valence-corrected chi connectivity index (χ3v) is 3.33. The van der Waals surface area contributed by atoms with Crippen molar-refractivity contribution in [2.24, 2.45) is 0 Å². The minimum atomic E-state index is -0.996. The van der Waals surface area contributed by atoms with Crippen molar-refractivity contribution in [1.82, 2.24) is 15.2 Å². The Labute approximate surface area is 147 Å². The molecule has 2 N–H and O–H groups in total. The molecular formula is C17H13F2N5O2. The van der Waals surface area contributed by atoms with Crippen LogP contribution in [0.25, 0.3) is 0 Å². The number of benzene rings is 2. The zero-order valence-corrected chi connectivity index (χ0v) is 13.5. The molecule has 0 unspecified atom stereocenters. The predicted molar refractivity (Wildman–Crippen MR) is 90.5 cm³/mol. The Morgan fingerprint density at radius 3 is 2.65 bits per heavy atom. The highest BCUT2D eigenvalue weighted by molar-refractivity contribution is 5.96. The molecule has 0 amide bonds. The first kappa shape index (κ1) is 17.2. The zero-order valence-electron chi connectivity index (χ0n) is 13.5. The van der Waals surface area contributed by atoms with Crippen molar-refractivity contribution in [2.75, 3.05) is 17.7 Å². The van der Waals surface area contributed by atoms with Gasteiger partial charge in [0, 0.05) is 11.8 Å². The maximum absolute atomic E-state index is 13.3. The summed E-state index contributed by atoms with van der Waals surface area (Å²) in [5.41, 5.74) is 1.06. The summed E-state index contributed by atoms with van der Waals surface area (Å²) in [5, 5.41) is 13.2. The molecule has 0 atom stereocenters. The summed E-state index contributed by atoms with van der Waals surface area (Å²) in [4.78, 5) is 16.0. The summed E-state index contributed by atoms with van der Waals surface area (Å²) in [6.07, 6.45) is 1.35. The molecule has 9 heteroatoms. The van der Waals surface area contributed by atoms with Crippen LogP contribution in [0.1, 0.15) is 10.4 Å². The number of carbonyl (C=O) groups is 1. The lowest BCUT2D eigenvalue weighted by molar-refractivity contribution is 0.0602. The van der Waals surface area contributed by atoms with Gasteiger partial charge in [-0.1, -0.05) is 12.1 Å². The van der Waals surface area contributed by atoms with E-state index in [1.54, 1.807) is 24.3 Å². The van der Waals surface area contributed by atoms with Gasteiger partial charge in [0.1, 0.15) is 0 Å². The van der Waals surface area contributed by atoms with Crippen molar-refractivity contribution in [3.8, 4) is 0 Å². The quantitative estimate of drug-likeness (QED) is 0.676. The fraction of sp³-hybridized carbons (Fsp3) is 0.0588. The number of hydrogen-bond acceptors (Lipinski definition) is 7. The molecule has 2 aromatic carbocycles. The number of anilines is 4. The molecule has 0 aliphatic heterocycles. The second kappa shape index (κ2) is 7.51. The lowest BCUT2D eigenvalue weighted by Gasteiger charge is -2.10. The van der Waals surface area contributed by atoms with Crippen LogP contribution in [-0.4, -0.2) is 28.3 Å². The second-order valence-corrected chi connectivity index (χ2v) is 5.08. The molecular weight excluding hydrogens is 344 g/mol. The number of para-hydroxylation sites is 1. The fourth-order valence-corrected chi connectivity index (χ4v) is 2.14. The molecule has 7 nitrogen and oxygen atoms in total. The van der Waals surface area contributed by atoms with Gasteiger partial charge in [-0.25, -0.2) is 13.6 Å². The first-order chi connectivity index (χ1) is 12.6. The van der Waals surface area contributed by atoms with E-state index in [0.717, 1.165) is 12.1 Å². The van der Waals surface area contributed by atoms with Crippen LogP contribution < -0.4 is 10.6 Å². The van der Waals surface area contributed by atoms with E-state index in [2.05, 4.69) is 25.8 Å². The summed E-state index contributed by atoms with van der Waals surface area (Å²) in [6.45, 7) is 0. The molecule has 0 saturated carbocycles. The van der Waals surface area contributed by atoms with Gasteiger partial charge in [0.15, 0.2) is 17.5 Å². The van der Waals surface area contributed by atoms with E-state index in [4.69, 9.17) is 4.74 Å². The van der Waals surface area contributed by atoms with Crippen molar-refractivity contribution in [1.29, 1.82) is 0 Å². The van der Waals surface area contributed by atoms with Gasteiger partial charge >= 0.3 is 5.97 Å². The Morgan fingerprint density at radius 1 is 1.08 bits per heavy atom. The van der Waals surface area contributed by atoms with Crippen molar-refractivity contribution < 1.29 is 18.3 Å². The monoisotopic (exact) mass is 357 g/mol. The van der Waals surface area contributed by atoms with E-state index in [9.17, 15) is 13.6 Å². The normalized spacial score (nSPS) is 10.3. The van der Waals surface area contributed by atoms with E-state index in [-0.39, 0.29) is 11.6 Å². The zero-order chi connectivity index (χ0) is 18.5. The van der Waals surface area contributed by atoms with E-state index in [1.165, 1.54) is 19.4 Å². The van der Waals surface area contributed by atoms with E-state index in [0.29, 0.717) is 17.1 Å².